The predicted octanol–water partition coefficient (Wildman–Crippen LogP) is 2.51. The highest BCUT2D eigenvalue weighted by Crippen LogP contribution is 2.07. The standard InChI is InChI=1S/C12H14FN3/c1-9-8-15-12(16-9)14-7-6-10-4-2-3-5-11(10)13/h2-5,8H,6-7H2,1H3,(H2,14,15,16). The van der Waals surface area contributed by atoms with E-state index in [1.54, 1.807) is 18.3 Å². The zero-order chi connectivity index (χ0) is 11.4. The Morgan fingerprint density at radius 2 is 2.19 bits per heavy atom. The van der Waals surface area contributed by atoms with E-state index in [1.807, 2.05) is 13.0 Å². The van der Waals surface area contributed by atoms with E-state index in [2.05, 4.69) is 15.3 Å². The first-order valence-corrected chi connectivity index (χ1v) is 5.24. The molecule has 0 unspecified atom stereocenters. The van der Waals surface area contributed by atoms with Gasteiger partial charge in [0, 0.05) is 18.4 Å². The van der Waals surface area contributed by atoms with Crippen molar-refractivity contribution in [2.24, 2.45) is 0 Å². The molecular formula is C12H14FN3. The van der Waals surface area contributed by atoms with Gasteiger partial charge in [0.1, 0.15) is 5.82 Å². The number of hydrogen-bond acceptors (Lipinski definition) is 2. The summed E-state index contributed by atoms with van der Waals surface area (Å²) in [6, 6.07) is 6.81. The average Bonchev–Trinajstić information content (AvgIpc) is 2.67. The van der Waals surface area contributed by atoms with Gasteiger partial charge in [-0.2, -0.15) is 0 Å². The van der Waals surface area contributed by atoms with Gasteiger partial charge in [-0.15, -0.1) is 0 Å². The van der Waals surface area contributed by atoms with Crippen LogP contribution in [0, 0.1) is 12.7 Å². The van der Waals surface area contributed by atoms with Gasteiger partial charge in [-0.05, 0) is 25.0 Å². The number of nitrogens with one attached hydrogen (secondary N) is 2. The lowest BCUT2D eigenvalue weighted by atomic mass is 10.1. The fourth-order valence-corrected chi connectivity index (χ4v) is 1.52. The van der Waals surface area contributed by atoms with Gasteiger partial charge in [0.2, 0.25) is 0 Å². The van der Waals surface area contributed by atoms with Crippen LogP contribution in [-0.2, 0) is 6.42 Å². The molecule has 16 heavy (non-hydrogen) atoms. The number of aryl methyl sites for hydroxylation is 1. The second-order valence-corrected chi connectivity index (χ2v) is 3.68. The van der Waals surface area contributed by atoms with Crippen LogP contribution in [0.2, 0.25) is 0 Å². The Balaban J connectivity index is 1.87. The molecular weight excluding hydrogens is 205 g/mol. The normalized spacial score (nSPS) is 10.4. The van der Waals surface area contributed by atoms with Crippen molar-refractivity contribution in [3.05, 3.63) is 47.5 Å². The minimum atomic E-state index is -0.153. The summed E-state index contributed by atoms with van der Waals surface area (Å²) in [5, 5.41) is 3.11. The van der Waals surface area contributed by atoms with E-state index in [4.69, 9.17) is 0 Å². The monoisotopic (exact) mass is 219 g/mol. The molecule has 4 heteroatoms. The van der Waals surface area contributed by atoms with Crippen molar-refractivity contribution < 1.29 is 4.39 Å². The molecule has 2 rings (SSSR count). The van der Waals surface area contributed by atoms with Gasteiger partial charge in [0.05, 0.1) is 0 Å². The van der Waals surface area contributed by atoms with Crippen molar-refractivity contribution >= 4 is 5.95 Å². The lowest BCUT2D eigenvalue weighted by Crippen LogP contribution is -2.07. The lowest BCUT2D eigenvalue weighted by molar-refractivity contribution is 0.610. The fourth-order valence-electron chi connectivity index (χ4n) is 1.52. The van der Waals surface area contributed by atoms with Crippen LogP contribution in [-0.4, -0.2) is 16.5 Å². The molecule has 2 N–H and O–H groups in total. The van der Waals surface area contributed by atoms with Crippen molar-refractivity contribution in [2.45, 2.75) is 13.3 Å². The SMILES string of the molecule is Cc1cnc(NCCc2ccccc2F)[nH]1. The van der Waals surface area contributed by atoms with Gasteiger partial charge >= 0.3 is 0 Å². The summed E-state index contributed by atoms with van der Waals surface area (Å²) in [6.45, 7) is 2.60. The number of benzene rings is 1. The second-order valence-electron chi connectivity index (χ2n) is 3.68. The van der Waals surface area contributed by atoms with Crippen molar-refractivity contribution in [3.63, 3.8) is 0 Å². The predicted molar refractivity (Wildman–Crippen MR) is 61.9 cm³/mol. The van der Waals surface area contributed by atoms with Gasteiger partial charge in [-0.1, -0.05) is 18.2 Å². The maximum absolute atomic E-state index is 13.3. The number of aromatic amines is 1. The third-order valence-electron chi connectivity index (χ3n) is 2.35. The first kappa shape index (κ1) is 10.7. The van der Waals surface area contributed by atoms with Crippen molar-refractivity contribution in [3.8, 4) is 0 Å². The molecule has 84 valence electrons. The van der Waals surface area contributed by atoms with E-state index in [0.29, 0.717) is 13.0 Å². The Morgan fingerprint density at radius 1 is 1.38 bits per heavy atom. The van der Waals surface area contributed by atoms with Gasteiger partial charge in [-0.25, -0.2) is 9.37 Å². The Labute approximate surface area is 93.7 Å². The molecule has 0 saturated carbocycles. The van der Waals surface area contributed by atoms with Gasteiger partial charge in [-0.3, -0.25) is 0 Å². The van der Waals surface area contributed by atoms with Crippen LogP contribution in [0.25, 0.3) is 0 Å². The Bertz CT molecular complexity index is 465. The third kappa shape index (κ3) is 2.59. The molecule has 3 nitrogen and oxygen atoms in total. The van der Waals surface area contributed by atoms with E-state index < -0.39 is 0 Å². The first-order valence-electron chi connectivity index (χ1n) is 5.24. The topological polar surface area (TPSA) is 40.7 Å². The van der Waals surface area contributed by atoms with Gasteiger partial charge in [0.15, 0.2) is 5.95 Å². The molecule has 0 aliphatic carbocycles. The number of aromatic nitrogens is 2. The molecule has 0 aliphatic rings. The summed E-state index contributed by atoms with van der Waals surface area (Å²) >= 11 is 0. The van der Waals surface area contributed by atoms with Crippen LogP contribution in [0.15, 0.2) is 30.5 Å². The van der Waals surface area contributed by atoms with E-state index in [1.165, 1.54) is 6.07 Å². The van der Waals surface area contributed by atoms with E-state index in [9.17, 15) is 4.39 Å². The maximum atomic E-state index is 13.3. The summed E-state index contributed by atoms with van der Waals surface area (Å²) in [6.07, 6.45) is 2.40. The molecule has 0 amide bonds. The van der Waals surface area contributed by atoms with Crippen molar-refractivity contribution in [1.82, 2.24) is 9.97 Å². The van der Waals surface area contributed by atoms with E-state index in [0.717, 1.165) is 17.2 Å². The quantitative estimate of drug-likeness (QED) is 0.829. The molecule has 1 aromatic carbocycles. The number of H-pyrrole nitrogens is 1. The molecule has 1 heterocycles. The van der Waals surface area contributed by atoms with Crippen LogP contribution in [0.3, 0.4) is 0 Å². The van der Waals surface area contributed by atoms with Crippen molar-refractivity contribution in [1.29, 1.82) is 0 Å². The molecule has 2 aromatic rings. The van der Waals surface area contributed by atoms with Crippen LogP contribution in [0.5, 0.6) is 0 Å². The summed E-state index contributed by atoms with van der Waals surface area (Å²) in [4.78, 5) is 7.17. The van der Waals surface area contributed by atoms with E-state index >= 15 is 0 Å². The smallest absolute Gasteiger partial charge is 0.200 e. The number of hydrogen-bond donors (Lipinski definition) is 2. The van der Waals surface area contributed by atoms with Crippen molar-refractivity contribution in [2.75, 3.05) is 11.9 Å². The van der Waals surface area contributed by atoms with Crippen LogP contribution in [0.1, 0.15) is 11.3 Å². The third-order valence-corrected chi connectivity index (χ3v) is 2.35. The zero-order valence-corrected chi connectivity index (χ0v) is 9.13. The Hall–Kier alpha value is -1.84. The summed E-state index contributed by atoms with van der Waals surface area (Å²) in [5.41, 5.74) is 1.73. The minimum absolute atomic E-state index is 0.153. The largest absolute Gasteiger partial charge is 0.355 e. The second kappa shape index (κ2) is 4.79. The molecule has 1 aromatic heterocycles. The minimum Gasteiger partial charge on any atom is -0.355 e. The molecule has 0 spiro atoms. The lowest BCUT2D eigenvalue weighted by Gasteiger charge is -2.04. The van der Waals surface area contributed by atoms with Crippen LogP contribution < -0.4 is 5.32 Å². The number of halogens is 1. The fraction of sp³-hybridized carbons (Fsp3) is 0.250. The number of nitrogens with zero attached hydrogens (tertiary/aromatic N) is 1. The van der Waals surface area contributed by atoms with E-state index in [-0.39, 0.29) is 5.82 Å². The van der Waals surface area contributed by atoms with Crippen LogP contribution >= 0.6 is 0 Å². The highest BCUT2D eigenvalue weighted by atomic mass is 19.1. The highest BCUT2D eigenvalue weighted by molar-refractivity contribution is 5.27. The Kier molecular flexibility index (Phi) is 3.19. The molecule has 0 saturated heterocycles. The first-order chi connectivity index (χ1) is 7.75. The Morgan fingerprint density at radius 3 is 2.88 bits per heavy atom. The zero-order valence-electron chi connectivity index (χ0n) is 9.13. The summed E-state index contributed by atoms with van der Waals surface area (Å²) < 4.78 is 13.3. The number of imidazole rings is 1. The summed E-state index contributed by atoms with van der Waals surface area (Å²) in [5.74, 6) is 0.578. The van der Waals surface area contributed by atoms with Gasteiger partial charge in [0.25, 0.3) is 0 Å². The van der Waals surface area contributed by atoms with Gasteiger partial charge < -0.3 is 10.3 Å². The number of anilines is 1. The molecule has 0 bridgehead atoms. The maximum Gasteiger partial charge on any atom is 0.200 e. The van der Waals surface area contributed by atoms with Crippen LogP contribution in [0.4, 0.5) is 10.3 Å². The summed E-state index contributed by atoms with van der Waals surface area (Å²) in [7, 11) is 0. The molecule has 0 fully saturated rings. The highest BCUT2D eigenvalue weighted by Gasteiger charge is 2.00. The molecule has 0 atom stereocenters. The molecule has 0 radical (unpaired) electrons. The number of rotatable bonds is 4. The molecule has 0 aliphatic heterocycles. The average molecular weight is 219 g/mol.